The van der Waals surface area contributed by atoms with Crippen LogP contribution in [0, 0.1) is 2.88 Å². The fraction of sp³-hybridized carbons (Fsp3) is 0. The van der Waals surface area contributed by atoms with Crippen LogP contribution in [-0.4, -0.2) is 15.2 Å². The molecule has 0 fully saturated rings. The summed E-state index contributed by atoms with van der Waals surface area (Å²) in [5, 5.41) is 6.62. The van der Waals surface area contributed by atoms with Crippen LogP contribution >= 0.6 is 49.9 Å². The van der Waals surface area contributed by atoms with Gasteiger partial charge < -0.3 is 0 Å². The van der Waals surface area contributed by atoms with E-state index in [2.05, 4.69) is 59.8 Å². The Morgan fingerprint density at radius 2 is 2.42 bits per heavy atom. The quantitative estimate of drug-likeness (QED) is 0.799. The van der Waals surface area contributed by atoms with Crippen LogP contribution < -0.4 is 0 Å². The maximum Gasteiger partial charge on any atom is 0.166 e. The summed E-state index contributed by atoms with van der Waals surface area (Å²) in [5.74, 6) is 0.815. The van der Waals surface area contributed by atoms with Crippen LogP contribution in [0.5, 0.6) is 0 Å². The molecule has 0 aliphatic rings. The predicted octanol–water partition coefficient (Wildman–Crippen LogP) is 2.90. The molecule has 6 heteroatoms. The molecule has 2 rings (SSSR count). The minimum atomic E-state index is 0.815. The number of H-pyrrole nitrogens is 1. The molecule has 12 heavy (non-hydrogen) atoms. The van der Waals surface area contributed by atoms with Gasteiger partial charge in [-0.05, 0) is 44.6 Å². The van der Waals surface area contributed by atoms with Crippen LogP contribution in [0.2, 0.25) is 0 Å². The fourth-order valence-corrected chi connectivity index (χ4v) is 3.75. The Bertz CT molecular complexity index is 383. The van der Waals surface area contributed by atoms with Gasteiger partial charge >= 0.3 is 0 Å². The lowest BCUT2D eigenvalue weighted by Gasteiger charge is -1.88. The Kier molecular flexibility index (Phi) is 2.47. The highest BCUT2D eigenvalue weighted by molar-refractivity contribution is 14.1. The number of nitrogens with zero attached hydrogens (tertiary/aromatic N) is 2. The Morgan fingerprint density at radius 1 is 1.58 bits per heavy atom. The first-order chi connectivity index (χ1) is 5.77. The number of halogens is 2. The molecule has 0 bridgehead atoms. The number of rotatable bonds is 1. The van der Waals surface area contributed by atoms with Gasteiger partial charge in [-0.25, -0.2) is 4.98 Å². The number of hydrogen-bond acceptors (Lipinski definition) is 3. The summed E-state index contributed by atoms with van der Waals surface area (Å²) in [4.78, 5) is 5.17. The highest BCUT2D eigenvalue weighted by Crippen LogP contribution is 2.34. The van der Waals surface area contributed by atoms with Crippen molar-refractivity contribution >= 4 is 49.9 Å². The molecule has 0 aliphatic carbocycles. The molecular formula is C6H3BrIN3S. The Balaban J connectivity index is 2.54. The van der Waals surface area contributed by atoms with E-state index in [-0.39, 0.29) is 0 Å². The zero-order valence-electron chi connectivity index (χ0n) is 5.71. The molecule has 0 radical (unpaired) electrons. The first-order valence-electron chi connectivity index (χ1n) is 3.08. The summed E-state index contributed by atoms with van der Waals surface area (Å²) in [6, 6.07) is 2.06. The fourth-order valence-electron chi connectivity index (χ4n) is 0.817. The molecule has 62 valence electrons. The first kappa shape index (κ1) is 8.64. The van der Waals surface area contributed by atoms with E-state index in [4.69, 9.17) is 0 Å². The molecule has 1 N–H and O–H groups in total. The number of aromatic nitrogens is 3. The lowest BCUT2D eigenvalue weighted by atomic mass is 10.4. The van der Waals surface area contributed by atoms with Crippen molar-refractivity contribution < 1.29 is 0 Å². The van der Waals surface area contributed by atoms with E-state index in [0.717, 1.165) is 15.2 Å². The van der Waals surface area contributed by atoms with Crippen LogP contribution in [0.4, 0.5) is 0 Å². The molecule has 0 atom stereocenters. The minimum Gasteiger partial charge on any atom is -0.259 e. The third-order valence-electron chi connectivity index (χ3n) is 1.29. The molecule has 2 aromatic heterocycles. The molecule has 0 saturated heterocycles. The van der Waals surface area contributed by atoms with Crippen molar-refractivity contribution in [3.05, 3.63) is 19.8 Å². The van der Waals surface area contributed by atoms with Gasteiger partial charge in [0.05, 0.1) is 7.76 Å². The molecule has 0 aliphatic heterocycles. The van der Waals surface area contributed by atoms with Crippen molar-refractivity contribution in [3.8, 4) is 10.7 Å². The first-order valence-corrected chi connectivity index (χ1v) is 5.77. The van der Waals surface area contributed by atoms with Gasteiger partial charge in [-0.3, -0.25) is 5.10 Å². The third-order valence-corrected chi connectivity index (χ3v) is 4.08. The Hall–Kier alpha value is 0.0500. The Morgan fingerprint density at radius 3 is 2.92 bits per heavy atom. The van der Waals surface area contributed by atoms with Crippen LogP contribution in [-0.2, 0) is 0 Å². The van der Waals surface area contributed by atoms with E-state index in [1.807, 2.05) is 0 Å². The largest absolute Gasteiger partial charge is 0.259 e. The van der Waals surface area contributed by atoms with E-state index in [9.17, 15) is 0 Å². The number of hydrogen-bond donors (Lipinski definition) is 1. The summed E-state index contributed by atoms with van der Waals surface area (Å²) in [5.41, 5.74) is 0. The van der Waals surface area contributed by atoms with E-state index in [1.165, 1.54) is 9.21 Å². The van der Waals surface area contributed by atoms with Crippen LogP contribution in [0.3, 0.4) is 0 Å². The van der Waals surface area contributed by atoms with Crippen molar-refractivity contribution in [2.45, 2.75) is 0 Å². The van der Waals surface area contributed by atoms with Gasteiger partial charge in [0.1, 0.15) is 6.33 Å². The third kappa shape index (κ3) is 1.55. The molecule has 3 nitrogen and oxygen atoms in total. The summed E-state index contributed by atoms with van der Waals surface area (Å²) < 4.78 is 2.29. The predicted molar refractivity (Wildman–Crippen MR) is 60.1 cm³/mol. The van der Waals surface area contributed by atoms with Gasteiger partial charge in [-0.2, -0.15) is 5.10 Å². The highest BCUT2D eigenvalue weighted by atomic mass is 127. The monoisotopic (exact) mass is 355 g/mol. The molecular weight excluding hydrogens is 353 g/mol. The van der Waals surface area contributed by atoms with E-state index in [1.54, 1.807) is 11.3 Å². The maximum absolute atomic E-state index is 4.07. The Labute approximate surface area is 94.9 Å². The van der Waals surface area contributed by atoms with Crippen molar-refractivity contribution in [2.75, 3.05) is 0 Å². The molecule has 0 saturated carbocycles. The highest BCUT2D eigenvalue weighted by Gasteiger charge is 2.09. The molecule has 0 aromatic carbocycles. The lowest BCUT2D eigenvalue weighted by molar-refractivity contribution is 1.10. The van der Waals surface area contributed by atoms with E-state index < -0.39 is 0 Å². The second-order valence-corrected chi connectivity index (χ2v) is 5.86. The van der Waals surface area contributed by atoms with E-state index in [0.29, 0.717) is 0 Å². The summed E-state index contributed by atoms with van der Waals surface area (Å²) in [7, 11) is 0. The molecule has 2 heterocycles. The molecule has 0 unspecified atom stereocenters. The van der Waals surface area contributed by atoms with Gasteiger partial charge in [0.2, 0.25) is 0 Å². The van der Waals surface area contributed by atoms with Gasteiger partial charge in [0, 0.05) is 4.47 Å². The molecule has 0 spiro atoms. The standard InChI is InChI=1S/C6H3BrIN3S/c7-3-1-4(8)12-5(3)6-9-2-10-11-6/h1-2H,(H,9,10,11). The van der Waals surface area contributed by atoms with Crippen molar-refractivity contribution in [2.24, 2.45) is 0 Å². The van der Waals surface area contributed by atoms with Crippen LogP contribution in [0.15, 0.2) is 16.9 Å². The topological polar surface area (TPSA) is 41.6 Å². The maximum atomic E-state index is 4.07. The molecule has 0 amide bonds. The van der Waals surface area contributed by atoms with Crippen LogP contribution in [0.1, 0.15) is 0 Å². The number of nitrogens with one attached hydrogen (secondary N) is 1. The summed E-state index contributed by atoms with van der Waals surface area (Å²) in [6.45, 7) is 0. The second-order valence-electron chi connectivity index (χ2n) is 2.06. The van der Waals surface area contributed by atoms with Crippen molar-refractivity contribution in [1.82, 2.24) is 15.2 Å². The lowest BCUT2D eigenvalue weighted by Crippen LogP contribution is -1.75. The smallest absolute Gasteiger partial charge is 0.166 e. The zero-order valence-corrected chi connectivity index (χ0v) is 10.3. The summed E-state index contributed by atoms with van der Waals surface area (Å²) in [6.07, 6.45) is 1.51. The second kappa shape index (κ2) is 3.43. The SMILES string of the molecule is Brc1cc(I)sc1-c1ncn[nH]1. The zero-order chi connectivity index (χ0) is 8.55. The summed E-state index contributed by atoms with van der Waals surface area (Å²) >= 11 is 7.41. The minimum absolute atomic E-state index is 0.815. The normalized spacial score (nSPS) is 10.5. The van der Waals surface area contributed by atoms with Crippen LogP contribution in [0.25, 0.3) is 10.7 Å². The van der Waals surface area contributed by atoms with Crippen molar-refractivity contribution in [3.63, 3.8) is 0 Å². The number of thiophene rings is 1. The van der Waals surface area contributed by atoms with Gasteiger partial charge in [0.15, 0.2) is 5.82 Å². The number of aromatic amines is 1. The van der Waals surface area contributed by atoms with E-state index >= 15 is 0 Å². The average Bonchev–Trinajstić information content (AvgIpc) is 2.58. The average molecular weight is 356 g/mol. The van der Waals surface area contributed by atoms with Gasteiger partial charge in [0.25, 0.3) is 0 Å². The van der Waals surface area contributed by atoms with Gasteiger partial charge in [-0.15, -0.1) is 11.3 Å². The van der Waals surface area contributed by atoms with Gasteiger partial charge in [-0.1, -0.05) is 0 Å². The van der Waals surface area contributed by atoms with Crippen molar-refractivity contribution in [1.29, 1.82) is 0 Å². The molecule has 2 aromatic rings.